The van der Waals surface area contributed by atoms with Crippen LogP contribution in [0, 0.1) is 0 Å². The molecule has 1 fully saturated rings. The molecule has 2 aliphatic rings. The topological polar surface area (TPSA) is 88.1 Å². The Labute approximate surface area is 147 Å². The summed E-state index contributed by atoms with van der Waals surface area (Å²) in [6, 6.07) is 7.07. The summed E-state index contributed by atoms with van der Waals surface area (Å²) in [6.45, 7) is 0. The maximum Gasteiger partial charge on any atom is 0.345 e. The molecule has 0 saturated heterocycles. The fourth-order valence-electron chi connectivity index (χ4n) is 3.08. The normalized spacial score (nSPS) is 20.0. The van der Waals surface area contributed by atoms with E-state index in [1.165, 1.54) is 20.2 Å². The number of allylic oxidation sites excluding steroid dienone is 1. The molecule has 0 spiro atoms. The van der Waals surface area contributed by atoms with Gasteiger partial charge in [-0.1, -0.05) is 25.0 Å². The van der Waals surface area contributed by atoms with E-state index in [0.717, 1.165) is 30.0 Å². The molecular formula is C17H21N3O4S. The molecule has 0 unspecified atom stereocenters. The Kier molecular flexibility index (Phi) is 4.80. The molecule has 3 rings (SSSR count). The largest absolute Gasteiger partial charge is 0.496 e. The van der Waals surface area contributed by atoms with E-state index in [1.54, 1.807) is 24.3 Å². The molecular weight excluding hydrogens is 342 g/mol. The first kappa shape index (κ1) is 17.5. The molecule has 1 aliphatic carbocycles. The Bertz CT molecular complexity index is 839. The number of ether oxygens (including phenoxy) is 1. The number of hydrogen-bond donors (Lipinski definition) is 1. The lowest BCUT2D eigenvalue weighted by molar-refractivity contribution is -0.119. The van der Waals surface area contributed by atoms with Crippen LogP contribution in [0.15, 0.2) is 40.4 Å². The van der Waals surface area contributed by atoms with Crippen molar-refractivity contribution in [2.75, 3.05) is 14.2 Å². The second-order valence-electron chi connectivity index (χ2n) is 6.11. The molecule has 1 aliphatic heterocycles. The fourth-order valence-corrected chi connectivity index (χ4v) is 3.98. The van der Waals surface area contributed by atoms with Crippen LogP contribution in [0.25, 0.3) is 0 Å². The molecule has 0 aromatic heterocycles. The van der Waals surface area contributed by atoms with Gasteiger partial charge in [0.1, 0.15) is 11.4 Å². The van der Waals surface area contributed by atoms with Crippen molar-refractivity contribution >= 4 is 21.8 Å². The Morgan fingerprint density at radius 3 is 2.64 bits per heavy atom. The van der Waals surface area contributed by atoms with Crippen LogP contribution in [-0.2, 0) is 15.0 Å². The number of rotatable bonds is 4. The summed E-state index contributed by atoms with van der Waals surface area (Å²) in [5, 5.41) is 2.92. The van der Waals surface area contributed by atoms with Crippen molar-refractivity contribution in [1.82, 2.24) is 9.62 Å². The minimum absolute atomic E-state index is 0.0582. The van der Waals surface area contributed by atoms with Crippen molar-refractivity contribution in [3.63, 3.8) is 0 Å². The minimum Gasteiger partial charge on any atom is -0.496 e. The van der Waals surface area contributed by atoms with Crippen molar-refractivity contribution in [3.05, 3.63) is 41.6 Å². The summed E-state index contributed by atoms with van der Waals surface area (Å²) < 4.78 is 34.8. The van der Waals surface area contributed by atoms with Gasteiger partial charge in [0.25, 0.3) is 5.91 Å². The van der Waals surface area contributed by atoms with Crippen molar-refractivity contribution in [2.45, 2.75) is 31.7 Å². The van der Waals surface area contributed by atoms with Crippen molar-refractivity contribution in [1.29, 1.82) is 0 Å². The van der Waals surface area contributed by atoms with Gasteiger partial charge in [-0.3, -0.25) is 4.79 Å². The van der Waals surface area contributed by atoms with E-state index in [2.05, 4.69) is 9.71 Å². The number of hydrogen-bond acceptors (Lipinski definition) is 4. The van der Waals surface area contributed by atoms with E-state index < -0.39 is 16.1 Å². The maximum atomic E-state index is 12.6. The van der Waals surface area contributed by atoms with E-state index in [4.69, 9.17) is 4.74 Å². The number of para-hydroxylation sites is 1. The van der Waals surface area contributed by atoms with Gasteiger partial charge < -0.3 is 10.1 Å². The molecule has 0 atom stereocenters. The van der Waals surface area contributed by atoms with Crippen LogP contribution < -0.4 is 10.1 Å². The molecule has 1 aromatic rings. The SMILES string of the molecule is COc1ccccc1C1=NS(=O)(=O)N(C)C(C(=O)NC2CCCC2)=C1. The molecule has 8 heteroatoms. The predicted molar refractivity (Wildman–Crippen MR) is 94.7 cm³/mol. The Morgan fingerprint density at radius 1 is 1.28 bits per heavy atom. The lowest BCUT2D eigenvalue weighted by Crippen LogP contribution is -2.41. The Hall–Kier alpha value is -2.35. The van der Waals surface area contributed by atoms with Crippen LogP contribution in [0.3, 0.4) is 0 Å². The lowest BCUT2D eigenvalue weighted by Gasteiger charge is -2.25. The van der Waals surface area contributed by atoms with Crippen molar-refractivity contribution < 1.29 is 17.9 Å². The van der Waals surface area contributed by atoms with Crippen molar-refractivity contribution in [2.24, 2.45) is 4.40 Å². The third kappa shape index (κ3) is 3.53. The van der Waals surface area contributed by atoms with E-state index in [0.29, 0.717) is 11.3 Å². The van der Waals surface area contributed by atoms with Crippen LogP contribution in [0.1, 0.15) is 31.2 Å². The summed E-state index contributed by atoms with van der Waals surface area (Å²) in [5.74, 6) is 0.0908. The van der Waals surface area contributed by atoms with Gasteiger partial charge in [-0.05, 0) is 31.1 Å². The molecule has 1 amide bonds. The zero-order chi connectivity index (χ0) is 18.0. The highest BCUT2D eigenvalue weighted by Crippen LogP contribution is 2.25. The molecule has 25 heavy (non-hydrogen) atoms. The van der Waals surface area contributed by atoms with Crippen LogP contribution in [0.2, 0.25) is 0 Å². The smallest absolute Gasteiger partial charge is 0.345 e. The molecule has 1 aromatic carbocycles. The number of carbonyl (C=O) groups excluding carboxylic acids is 1. The summed E-state index contributed by atoms with van der Waals surface area (Å²) in [6.07, 6.45) is 5.48. The van der Waals surface area contributed by atoms with Gasteiger partial charge >= 0.3 is 10.2 Å². The fraction of sp³-hybridized carbons (Fsp3) is 0.412. The van der Waals surface area contributed by atoms with Crippen LogP contribution in [-0.4, -0.2) is 44.5 Å². The highest BCUT2D eigenvalue weighted by molar-refractivity contribution is 7.88. The molecule has 1 heterocycles. The highest BCUT2D eigenvalue weighted by Gasteiger charge is 2.31. The number of benzene rings is 1. The predicted octanol–water partition coefficient (Wildman–Crippen LogP) is 1.62. The van der Waals surface area contributed by atoms with Gasteiger partial charge in [-0.25, -0.2) is 4.31 Å². The third-order valence-electron chi connectivity index (χ3n) is 4.48. The summed E-state index contributed by atoms with van der Waals surface area (Å²) >= 11 is 0. The molecule has 1 saturated carbocycles. The van der Waals surface area contributed by atoms with Gasteiger partial charge in [-0.2, -0.15) is 8.42 Å². The van der Waals surface area contributed by atoms with Gasteiger partial charge in [0, 0.05) is 18.7 Å². The average Bonchev–Trinajstić information content (AvgIpc) is 3.09. The molecule has 134 valence electrons. The number of nitrogens with one attached hydrogen (secondary N) is 1. The standard InChI is InChI=1S/C17H21N3O4S/c1-20-15(17(21)18-12-7-3-4-8-12)11-14(19-25(20,22)23)13-9-5-6-10-16(13)24-2/h5-6,9-12H,3-4,7-8H2,1-2H3,(H,18,21). The summed E-state index contributed by atoms with van der Waals surface area (Å²) in [7, 11) is -1.14. The molecule has 7 nitrogen and oxygen atoms in total. The van der Waals surface area contributed by atoms with E-state index >= 15 is 0 Å². The van der Waals surface area contributed by atoms with Crippen molar-refractivity contribution in [3.8, 4) is 5.75 Å². The number of likely N-dealkylation sites (N-methyl/N-ethyl adjacent to an activating group) is 1. The van der Waals surface area contributed by atoms with Crippen LogP contribution >= 0.6 is 0 Å². The monoisotopic (exact) mass is 363 g/mol. The Balaban J connectivity index is 1.98. The minimum atomic E-state index is -3.97. The second kappa shape index (κ2) is 6.87. The van der Waals surface area contributed by atoms with Gasteiger partial charge in [0.15, 0.2) is 0 Å². The van der Waals surface area contributed by atoms with Crippen LogP contribution in [0.5, 0.6) is 5.75 Å². The number of carbonyl (C=O) groups is 1. The zero-order valence-corrected chi connectivity index (χ0v) is 15.0. The van der Waals surface area contributed by atoms with Gasteiger partial charge in [0.2, 0.25) is 0 Å². The zero-order valence-electron chi connectivity index (χ0n) is 14.2. The number of amides is 1. The summed E-state index contributed by atoms with van der Waals surface area (Å²) in [4.78, 5) is 12.6. The van der Waals surface area contributed by atoms with E-state index in [-0.39, 0.29) is 17.5 Å². The number of methoxy groups -OCH3 is 1. The first-order valence-electron chi connectivity index (χ1n) is 8.17. The van der Waals surface area contributed by atoms with Crippen LogP contribution in [0.4, 0.5) is 0 Å². The molecule has 1 N–H and O–H groups in total. The maximum absolute atomic E-state index is 12.6. The third-order valence-corrected chi connectivity index (χ3v) is 5.79. The molecule has 0 bridgehead atoms. The average molecular weight is 363 g/mol. The second-order valence-corrected chi connectivity index (χ2v) is 7.73. The first-order chi connectivity index (χ1) is 11.9. The van der Waals surface area contributed by atoms with E-state index in [9.17, 15) is 13.2 Å². The number of nitrogens with zero attached hydrogens (tertiary/aromatic N) is 2. The summed E-state index contributed by atoms with van der Waals surface area (Å²) in [5.41, 5.74) is 0.766. The molecule has 0 radical (unpaired) electrons. The first-order valence-corrected chi connectivity index (χ1v) is 9.57. The van der Waals surface area contributed by atoms with Gasteiger partial charge in [-0.15, -0.1) is 4.40 Å². The lowest BCUT2D eigenvalue weighted by atomic mass is 10.1. The van der Waals surface area contributed by atoms with Gasteiger partial charge in [0.05, 0.1) is 12.8 Å². The Morgan fingerprint density at radius 2 is 1.96 bits per heavy atom. The quantitative estimate of drug-likeness (QED) is 0.880. The van der Waals surface area contributed by atoms with E-state index in [1.807, 2.05) is 0 Å². The highest BCUT2D eigenvalue weighted by atomic mass is 32.2.